The first kappa shape index (κ1) is 24.8. The van der Waals surface area contributed by atoms with Gasteiger partial charge < -0.3 is 0 Å². The van der Waals surface area contributed by atoms with Gasteiger partial charge in [0.25, 0.3) is 0 Å². The van der Waals surface area contributed by atoms with Crippen LogP contribution < -0.4 is 0 Å². The molecular weight excluding hydrogens is 528 g/mol. The minimum absolute atomic E-state index is 1.24. The van der Waals surface area contributed by atoms with Crippen molar-refractivity contribution in [2.45, 2.75) is 0 Å². The van der Waals surface area contributed by atoms with Crippen LogP contribution in [0.1, 0.15) is 0 Å². The summed E-state index contributed by atoms with van der Waals surface area (Å²) in [6, 6.07) is 62.2. The van der Waals surface area contributed by atoms with Gasteiger partial charge in [-0.15, -0.1) is 0 Å². The topological polar surface area (TPSA) is 0 Å². The molecular formula is C44H28. The van der Waals surface area contributed by atoms with E-state index in [9.17, 15) is 0 Å². The van der Waals surface area contributed by atoms with Gasteiger partial charge in [0.1, 0.15) is 0 Å². The molecule has 0 unspecified atom stereocenters. The molecule has 0 atom stereocenters. The molecule has 0 aliphatic carbocycles. The van der Waals surface area contributed by atoms with E-state index in [1.807, 2.05) is 0 Å². The third kappa shape index (κ3) is 3.71. The van der Waals surface area contributed by atoms with Crippen molar-refractivity contribution in [1.29, 1.82) is 0 Å². The number of hydrogen-bond donors (Lipinski definition) is 0. The van der Waals surface area contributed by atoms with E-state index < -0.39 is 0 Å². The molecule has 9 rings (SSSR count). The van der Waals surface area contributed by atoms with Crippen LogP contribution >= 0.6 is 0 Å². The summed E-state index contributed by atoms with van der Waals surface area (Å²) in [5.74, 6) is 0. The molecule has 0 spiro atoms. The Hall–Kier alpha value is -5.72. The monoisotopic (exact) mass is 556 g/mol. The van der Waals surface area contributed by atoms with Gasteiger partial charge in [-0.25, -0.2) is 0 Å². The molecule has 0 N–H and O–H groups in total. The Morgan fingerprint density at radius 3 is 1.20 bits per heavy atom. The maximum absolute atomic E-state index is 2.31. The van der Waals surface area contributed by atoms with Gasteiger partial charge in [0, 0.05) is 0 Å². The van der Waals surface area contributed by atoms with Crippen LogP contribution in [0.3, 0.4) is 0 Å². The zero-order valence-corrected chi connectivity index (χ0v) is 24.2. The third-order valence-corrected chi connectivity index (χ3v) is 9.26. The van der Waals surface area contributed by atoms with Crippen molar-refractivity contribution in [3.63, 3.8) is 0 Å². The van der Waals surface area contributed by atoms with Crippen LogP contribution in [0, 0.1) is 0 Å². The molecule has 0 aliphatic rings. The Kier molecular flexibility index (Phi) is 5.61. The fourth-order valence-electron chi connectivity index (χ4n) is 7.36. The lowest BCUT2D eigenvalue weighted by molar-refractivity contribution is 1.65. The van der Waals surface area contributed by atoms with Gasteiger partial charge in [-0.3, -0.25) is 0 Å². The standard InChI is InChI=1S/C44H28/c1-2-13-29(14-3-1)32-21-10-24-35-33(32)22-11-25-37(35)43-39-17-6-8-19-41(39)44(42-20-9-7-18-40(42)43)38-26-12-23-34-31-16-5-4-15-30(31)27-28-36(34)38/h1-28H. The van der Waals surface area contributed by atoms with Crippen molar-refractivity contribution in [1.82, 2.24) is 0 Å². The van der Waals surface area contributed by atoms with Crippen LogP contribution in [0.2, 0.25) is 0 Å². The summed E-state index contributed by atoms with van der Waals surface area (Å²) >= 11 is 0. The quantitative estimate of drug-likeness (QED) is 0.150. The molecule has 0 aromatic heterocycles. The maximum Gasteiger partial charge on any atom is -0.00201 e. The average molecular weight is 557 g/mol. The van der Waals surface area contributed by atoms with Crippen LogP contribution in [0.4, 0.5) is 0 Å². The molecule has 0 heterocycles. The van der Waals surface area contributed by atoms with E-state index in [1.165, 1.54) is 87.2 Å². The highest BCUT2D eigenvalue weighted by atomic mass is 14.2. The van der Waals surface area contributed by atoms with E-state index in [-0.39, 0.29) is 0 Å². The number of hydrogen-bond acceptors (Lipinski definition) is 0. The Balaban J connectivity index is 1.40. The van der Waals surface area contributed by atoms with E-state index in [2.05, 4.69) is 170 Å². The van der Waals surface area contributed by atoms with E-state index in [0.717, 1.165) is 0 Å². The summed E-state index contributed by atoms with van der Waals surface area (Å²) in [6.07, 6.45) is 0. The smallest absolute Gasteiger partial charge is 0.00201 e. The lowest BCUT2D eigenvalue weighted by Crippen LogP contribution is -1.93. The first-order valence-electron chi connectivity index (χ1n) is 15.3. The second-order valence-corrected chi connectivity index (χ2v) is 11.6. The lowest BCUT2D eigenvalue weighted by Gasteiger charge is -2.20. The van der Waals surface area contributed by atoms with Crippen LogP contribution in [0.5, 0.6) is 0 Å². The van der Waals surface area contributed by atoms with E-state index in [1.54, 1.807) is 0 Å². The van der Waals surface area contributed by atoms with Crippen molar-refractivity contribution in [3.8, 4) is 33.4 Å². The minimum Gasteiger partial charge on any atom is -0.0622 e. The van der Waals surface area contributed by atoms with Crippen molar-refractivity contribution >= 4 is 53.9 Å². The Labute approximate surface area is 256 Å². The molecule has 44 heavy (non-hydrogen) atoms. The van der Waals surface area contributed by atoms with Crippen LogP contribution in [0.15, 0.2) is 170 Å². The Bertz CT molecular complexity index is 2480. The van der Waals surface area contributed by atoms with Gasteiger partial charge in [-0.2, -0.15) is 0 Å². The summed E-state index contributed by atoms with van der Waals surface area (Å²) in [6.45, 7) is 0. The summed E-state index contributed by atoms with van der Waals surface area (Å²) in [5.41, 5.74) is 7.63. The summed E-state index contributed by atoms with van der Waals surface area (Å²) < 4.78 is 0. The Morgan fingerprint density at radius 1 is 0.205 bits per heavy atom. The maximum atomic E-state index is 2.31. The molecule has 0 aliphatic heterocycles. The number of fused-ring (bicyclic) bond motifs is 6. The average Bonchev–Trinajstić information content (AvgIpc) is 3.10. The highest BCUT2D eigenvalue weighted by Crippen LogP contribution is 2.47. The highest BCUT2D eigenvalue weighted by molar-refractivity contribution is 6.26. The molecule has 0 heteroatoms. The predicted octanol–water partition coefficient (Wildman–Crippen LogP) is 12.5. The molecule has 0 fully saturated rings. The normalized spacial score (nSPS) is 11.6. The third-order valence-electron chi connectivity index (χ3n) is 9.26. The summed E-state index contributed by atoms with van der Waals surface area (Å²) in [7, 11) is 0. The molecule has 0 radical (unpaired) electrons. The second-order valence-electron chi connectivity index (χ2n) is 11.6. The molecule has 0 amide bonds. The molecule has 9 aromatic rings. The molecule has 0 saturated heterocycles. The molecule has 0 bridgehead atoms. The highest BCUT2D eigenvalue weighted by Gasteiger charge is 2.19. The molecule has 204 valence electrons. The molecule has 9 aromatic carbocycles. The van der Waals surface area contributed by atoms with Crippen molar-refractivity contribution in [2.75, 3.05) is 0 Å². The van der Waals surface area contributed by atoms with Crippen LogP contribution in [-0.2, 0) is 0 Å². The Morgan fingerprint density at radius 2 is 0.614 bits per heavy atom. The SMILES string of the molecule is c1ccc(-c2cccc3c(-c4c5ccccc5c(-c5cccc6c5ccc5ccccc56)c5ccccc45)cccc23)cc1. The van der Waals surface area contributed by atoms with E-state index in [0.29, 0.717) is 0 Å². The van der Waals surface area contributed by atoms with Crippen molar-refractivity contribution in [2.24, 2.45) is 0 Å². The van der Waals surface area contributed by atoms with Gasteiger partial charge in [-0.1, -0.05) is 170 Å². The molecule has 0 saturated carbocycles. The summed E-state index contributed by atoms with van der Waals surface area (Å²) in [4.78, 5) is 0. The van der Waals surface area contributed by atoms with Gasteiger partial charge in [0.2, 0.25) is 0 Å². The second kappa shape index (κ2) is 9.93. The largest absolute Gasteiger partial charge is 0.0622 e. The molecule has 0 nitrogen and oxygen atoms in total. The first-order valence-corrected chi connectivity index (χ1v) is 15.3. The van der Waals surface area contributed by atoms with Gasteiger partial charge in [-0.05, 0) is 87.2 Å². The summed E-state index contributed by atoms with van der Waals surface area (Å²) in [5, 5.41) is 12.8. The van der Waals surface area contributed by atoms with Crippen LogP contribution in [0.25, 0.3) is 87.2 Å². The fraction of sp³-hybridized carbons (Fsp3) is 0. The number of rotatable bonds is 3. The zero-order valence-electron chi connectivity index (χ0n) is 24.2. The van der Waals surface area contributed by atoms with E-state index >= 15 is 0 Å². The van der Waals surface area contributed by atoms with Crippen molar-refractivity contribution < 1.29 is 0 Å². The lowest BCUT2D eigenvalue weighted by atomic mass is 9.83. The van der Waals surface area contributed by atoms with Crippen LogP contribution in [-0.4, -0.2) is 0 Å². The number of benzene rings is 9. The predicted molar refractivity (Wildman–Crippen MR) is 190 cm³/mol. The van der Waals surface area contributed by atoms with Gasteiger partial charge in [0.15, 0.2) is 0 Å². The first-order chi connectivity index (χ1) is 21.9. The minimum atomic E-state index is 1.24. The van der Waals surface area contributed by atoms with Gasteiger partial charge in [0.05, 0.1) is 0 Å². The van der Waals surface area contributed by atoms with Gasteiger partial charge >= 0.3 is 0 Å². The van der Waals surface area contributed by atoms with E-state index in [4.69, 9.17) is 0 Å². The zero-order chi connectivity index (χ0) is 29.0. The van der Waals surface area contributed by atoms with Crippen molar-refractivity contribution in [3.05, 3.63) is 170 Å². The fourth-order valence-corrected chi connectivity index (χ4v) is 7.36.